The number of hydrogen-bond acceptors (Lipinski definition) is 3. The smallest absolute Gasteiger partial charge is 0.0830 e. The van der Waals surface area contributed by atoms with Crippen LogP contribution in [0.2, 0.25) is 0 Å². The number of hydrogen-bond donors (Lipinski definition) is 1. The van der Waals surface area contributed by atoms with Crippen molar-refractivity contribution in [2.24, 2.45) is 5.73 Å². The van der Waals surface area contributed by atoms with Crippen LogP contribution >= 0.6 is 0 Å². The monoisotopic (exact) mass is 197 g/mol. The highest BCUT2D eigenvalue weighted by molar-refractivity contribution is 5.18. The summed E-state index contributed by atoms with van der Waals surface area (Å²) >= 11 is 0. The van der Waals surface area contributed by atoms with E-state index in [1.54, 1.807) is 0 Å². The van der Waals surface area contributed by atoms with Crippen molar-refractivity contribution < 1.29 is 4.74 Å². The molecule has 0 aliphatic rings. The van der Waals surface area contributed by atoms with Gasteiger partial charge in [0, 0.05) is 24.3 Å². The van der Waals surface area contributed by atoms with E-state index in [4.69, 9.17) is 10.5 Å². The molecular weight excluding hydrogens is 178 g/mol. The lowest BCUT2D eigenvalue weighted by atomic mass is 10.2. The Morgan fingerprint density at radius 1 is 1.64 bits per heavy atom. The van der Waals surface area contributed by atoms with E-state index in [2.05, 4.69) is 18.9 Å². The van der Waals surface area contributed by atoms with Gasteiger partial charge in [0.1, 0.15) is 0 Å². The first-order valence-corrected chi connectivity index (χ1v) is 5.04. The molecule has 0 aromatic carbocycles. The van der Waals surface area contributed by atoms with Gasteiger partial charge in [0.05, 0.1) is 18.9 Å². The lowest BCUT2D eigenvalue weighted by Gasteiger charge is -2.11. The minimum absolute atomic E-state index is 0.0823. The van der Waals surface area contributed by atoms with Crippen molar-refractivity contribution in [2.75, 3.05) is 13.2 Å². The number of aromatic nitrogens is 2. The van der Waals surface area contributed by atoms with E-state index < -0.39 is 0 Å². The van der Waals surface area contributed by atoms with Crippen molar-refractivity contribution >= 4 is 0 Å². The number of rotatable bonds is 5. The third-order valence-electron chi connectivity index (χ3n) is 2.36. The van der Waals surface area contributed by atoms with Crippen LogP contribution < -0.4 is 5.73 Å². The first-order chi connectivity index (χ1) is 6.70. The molecular formula is C10H19N3O. The summed E-state index contributed by atoms with van der Waals surface area (Å²) < 4.78 is 7.51. The summed E-state index contributed by atoms with van der Waals surface area (Å²) in [6.45, 7) is 8.22. The molecule has 1 rings (SSSR count). The van der Waals surface area contributed by atoms with Crippen LogP contribution in [-0.2, 0) is 11.3 Å². The lowest BCUT2D eigenvalue weighted by Crippen LogP contribution is -2.11. The molecule has 2 N–H and O–H groups in total. The Hall–Kier alpha value is -0.870. The van der Waals surface area contributed by atoms with Crippen LogP contribution in [0.3, 0.4) is 0 Å². The molecule has 0 fully saturated rings. The Kier molecular flexibility index (Phi) is 4.10. The average molecular weight is 197 g/mol. The van der Waals surface area contributed by atoms with Crippen molar-refractivity contribution in [1.82, 2.24) is 9.78 Å². The van der Waals surface area contributed by atoms with Crippen molar-refractivity contribution in [2.45, 2.75) is 33.4 Å². The van der Waals surface area contributed by atoms with E-state index in [0.29, 0.717) is 13.2 Å². The van der Waals surface area contributed by atoms with Gasteiger partial charge in [-0.05, 0) is 20.8 Å². The van der Waals surface area contributed by atoms with Gasteiger partial charge in [0.15, 0.2) is 0 Å². The minimum Gasteiger partial charge on any atom is -0.372 e. The highest BCUT2D eigenvalue weighted by atomic mass is 16.5. The van der Waals surface area contributed by atoms with Crippen LogP contribution in [-0.4, -0.2) is 22.9 Å². The third kappa shape index (κ3) is 2.33. The zero-order chi connectivity index (χ0) is 10.6. The molecule has 4 nitrogen and oxygen atoms in total. The summed E-state index contributed by atoms with van der Waals surface area (Å²) in [6, 6.07) is 0. The zero-order valence-electron chi connectivity index (χ0n) is 9.16. The third-order valence-corrected chi connectivity index (χ3v) is 2.36. The molecule has 1 aromatic heterocycles. The second kappa shape index (κ2) is 5.12. The molecule has 1 aromatic rings. The van der Waals surface area contributed by atoms with Crippen LogP contribution in [0.25, 0.3) is 0 Å². The Labute approximate surface area is 85.0 Å². The molecule has 0 spiro atoms. The van der Waals surface area contributed by atoms with Gasteiger partial charge in [0.25, 0.3) is 0 Å². The normalized spacial score (nSPS) is 13.1. The summed E-state index contributed by atoms with van der Waals surface area (Å²) in [7, 11) is 0. The molecule has 0 amide bonds. The van der Waals surface area contributed by atoms with E-state index in [1.807, 2.05) is 17.8 Å². The highest BCUT2D eigenvalue weighted by Crippen LogP contribution is 2.19. The number of nitrogens with two attached hydrogens (primary N) is 1. The first-order valence-electron chi connectivity index (χ1n) is 5.04. The molecule has 14 heavy (non-hydrogen) atoms. The summed E-state index contributed by atoms with van der Waals surface area (Å²) in [5, 5.41) is 4.27. The summed E-state index contributed by atoms with van der Waals surface area (Å²) in [5.74, 6) is 0. The van der Waals surface area contributed by atoms with E-state index in [1.165, 1.54) is 5.69 Å². The van der Waals surface area contributed by atoms with E-state index in [-0.39, 0.29) is 6.10 Å². The van der Waals surface area contributed by atoms with Crippen molar-refractivity contribution in [1.29, 1.82) is 0 Å². The van der Waals surface area contributed by atoms with E-state index in [0.717, 1.165) is 12.1 Å². The summed E-state index contributed by atoms with van der Waals surface area (Å²) in [4.78, 5) is 0. The fourth-order valence-electron chi connectivity index (χ4n) is 1.51. The van der Waals surface area contributed by atoms with Crippen molar-refractivity contribution in [3.8, 4) is 0 Å². The minimum atomic E-state index is 0.0823. The Balaban J connectivity index is 2.69. The van der Waals surface area contributed by atoms with Crippen LogP contribution in [0.4, 0.5) is 0 Å². The van der Waals surface area contributed by atoms with Gasteiger partial charge in [0.2, 0.25) is 0 Å². The maximum Gasteiger partial charge on any atom is 0.0830 e. The van der Waals surface area contributed by atoms with Gasteiger partial charge < -0.3 is 10.5 Å². The van der Waals surface area contributed by atoms with Crippen molar-refractivity contribution in [3.63, 3.8) is 0 Å². The average Bonchev–Trinajstić information content (AvgIpc) is 2.56. The maximum absolute atomic E-state index is 5.54. The fraction of sp³-hybridized carbons (Fsp3) is 0.700. The quantitative estimate of drug-likeness (QED) is 0.773. The standard InChI is InChI=1S/C10H19N3O/c1-4-13-8(2)10(7-12-13)9(3)14-6-5-11/h7,9H,4-6,11H2,1-3H3/t9-/m1/s1. The predicted octanol–water partition coefficient (Wildman–Crippen LogP) is 1.25. The Morgan fingerprint density at radius 3 is 2.86 bits per heavy atom. The first kappa shape index (κ1) is 11.2. The van der Waals surface area contributed by atoms with Crippen LogP contribution in [0.1, 0.15) is 31.2 Å². The van der Waals surface area contributed by atoms with Gasteiger partial charge in [-0.1, -0.05) is 0 Å². The number of nitrogens with zero attached hydrogens (tertiary/aromatic N) is 2. The molecule has 4 heteroatoms. The van der Waals surface area contributed by atoms with Crippen molar-refractivity contribution in [3.05, 3.63) is 17.5 Å². The molecule has 0 unspecified atom stereocenters. The highest BCUT2D eigenvalue weighted by Gasteiger charge is 2.12. The van der Waals surface area contributed by atoms with Gasteiger partial charge >= 0.3 is 0 Å². The van der Waals surface area contributed by atoms with E-state index >= 15 is 0 Å². The molecule has 0 radical (unpaired) electrons. The maximum atomic E-state index is 5.54. The number of ether oxygens (including phenoxy) is 1. The topological polar surface area (TPSA) is 53.1 Å². The van der Waals surface area contributed by atoms with E-state index in [9.17, 15) is 0 Å². The zero-order valence-corrected chi connectivity index (χ0v) is 9.16. The van der Waals surface area contributed by atoms with Crippen LogP contribution in [0, 0.1) is 6.92 Å². The van der Waals surface area contributed by atoms with Crippen LogP contribution in [0.5, 0.6) is 0 Å². The molecule has 1 heterocycles. The van der Waals surface area contributed by atoms with Gasteiger partial charge in [-0.3, -0.25) is 4.68 Å². The Morgan fingerprint density at radius 2 is 2.36 bits per heavy atom. The van der Waals surface area contributed by atoms with Gasteiger partial charge in [-0.25, -0.2) is 0 Å². The summed E-state index contributed by atoms with van der Waals surface area (Å²) in [5.41, 5.74) is 7.71. The number of aryl methyl sites for hydroxylation is 1. The largest absolute Gasteiger partial charge is 0.372 e. The molecule has 0 aliphatic heterocycles. The molecule has 0 bridgehead atoms. The molecule has 1 atom stereocenters. The van der Waals surface area contributed by atoms with Gasteiger partial charge in [-0.15, -0.1) is 0 Å². The lowest BCUT2D eigenvalue weighted by molar-refractivity contribution is 0.0713. The molecule has 0 aliphatic carbocycles. The molecule has 0 saturated heterocycles. The molecule has 0 saturated carbocycles. The van der Waals surface area contributed by atoms with Gasteiger partial charge in [-0.2, -0.15) is 5.10 Å². The second-order valence-electron chi connectivity index (χ2n) is 3.30. The SMILES string of the molecule is CCn1ncc([C@@H](C)OCCN)c1C. The van der Waals surface area contributed by atoms with Crippen LogP contribution in [0.15, 0.2) is 6.20 Å². The second-order valence-corrected chi connectivity index (χ2v) is 3.30. The molecule has 80 valence electrons. The Bertz CT molecular complexity index is 283. The predicted molar refractivity (Wildman–Crippen MR) is 56.1 cm³/mol. The fourth-order valence-corrected chi connectivity index (χ4v) is 1.51. The summed E-state index contributed by atoms with van der Waals surface area (Å²) in [6.07, 6.45) is 1.96.